The minimum Gasteiger partial charge on any atom is -0.486 e. The van der Waals surface area contributed by atoms with Crippen LogP contribution in [0.25, 0.3) is 11.5 Å². The second-order valence-electron chi connectivity index (χ2n) is 4.99. The van der Waals surface area contributed by atoms with Gasteiger partial charge in [-0.05, 0) is 40.5 Å². The van der Waals surface area contributed by atoms with Gasteiger partial charge in [-0.1, -0.05) is 46.5 Å². The number of aromatic nitrogens is 2. The molecule has 1 aromatic heterocycles. The molecule has 3 aromatic rings. The molecule has 0 bridgehead atoms. The number of hydrogen-bond donors (Lipinski definition) is 1. The van der Waals surface area contributed by atoms with Crippen molar-refractivity contribution < 1.29 is 9.15 Å². The highest BCUT2D eigenvalue weighted by Crippen LogP contribution is 2.38. The molecule has 0 saturated heterocycles. The summed E-state index contributed by atoms with van der Waals surface area (Å²) in [6.45, 7) is 2.46. The molecule has 0 fully saturated rings. The summed E-state index contributed by atoms with van der Waals surface area (Å²) in [4.78, 5) is 0. The van der Waals surface area contributed by atoms with Crippen LogP contribution < -0.4 is 10.5 Å². The van der Waals surface area contributed by atoms with Crippen LogP contribution in [-0.2, 0) is 6.61 Å². The lowest BCUT2D eigenvalue weighted by Crippen LogP contribution is -1.97. The van der Waals surface area contributed by atoms with Crippen molar-refractivity contribution in [1.29, 1.82) is 0 Å². The number of anilines is 1. The molecule has 0 unspecified atom stereocenters. The van der Waals surface area contributed by atoms with E-state index in [-0.39, 0.29) is 6.01 Å². The predicted molar refractivity (Wildman–Crippen MR) is 92.4 cm³/mol. The van der Waals surface area contributed by atoms with Crippen molar-refractivity contribution in [3.63, 3.8) is 0 Å². The first-order valence-corrected chi connectivity index (χ1v) is 7.97. The maximum atomic E-state index is 6.31. The summed E-state index contributed by atoms with van der Waals surface area (Å²) in [5.41, 5.74) is 8.36. The van der Waals surface area contributed by atoms with E-state index in [0.717, 1.165) is 5.56 Å². The molecule has 23 heavy (non-hydrogen) atoms. The first kappa shape index (κ1) is 15.8. The zero-order valence-corrected chi connectivity index (χ0v) is 14.6. The van der Waals surface area contributed by atoms with Crippen LogP contribution in [0.5, 0.6) is 5.75 Å². The van der Waals surface area contributed by atoms with Crippen molar-refractivity contribution in [1.82, 2.24) is 10.2 Å². The van der Waals surface area contributed by atoms with Crippen LogP contribution >= 0.6 is 27.5 Å². The fraction of sp³-hybridized carbons (Fsp3) is 0.125. The summed E-state index contributed by atoms with van der Waals surface area (Å²) in [7, 11) is 0. The van der Waals surface area contributed by atoms with Crippen molar-refractivity contribution in [2.75, 3.05) is 5.73 Å². The van der Waals surface area contributed by atoms with E-state index in [4.69, 9.17) is 26.5 Å². The summed E-state index contributed by atoms with van der Waals surface area (Å²) in [6, 6.07) is 11.6. The van der Waals surface area contributed by atoms with Crippen LogP contribution in [0.4, 0.5) is 6.01 Å². The van der Waals surface area contributed by atoms with Crippen LogP contribution in [0.1, 0.15) is 11.1 Å². The van der Waals surface area contributed by atoms with Gasteiger partial charge in [-0.25, -0.2) is 0 Å². The molecule has 0 aliphatic carbocycles. The Kier molecular flexibility index (Phi) is 4.54. The van der Waals surface area contributed by atoms with E-state index >= 15 is 0 Å². The molecule has 0 atom stereocenters. The van der Waals surface area contributed by atoms with Gasteiger partial charge in [0.2, 0.25) is 5.89 Å². The van der Waals surface area contributed by atoms with Crippen molar-refractivity contribution in [3.05, 3.63) is 57.0 Å². The highest BCUT2D eigenvalue weighted by atomic mass is 79.9. The van der Waals surface area contributed by atoms with Gasteiger partial charge < -0.3 is 14.9 Å². The number of nitrogen functional groups attached to an aromatic ring is 1. The van der Waals surface area contributed by atoms with Crippen molar-refractivity contribution in [2.45, 2.75) is 13.5 Å². The molecule has 5 nitrogen and oxygen atoms in total. The van der Waals surface area contributed by atoms with E-state index in [1.54, 1.807) is 12.1 Å². The Morgan fingerprint density at radius 1 is 1.22 bits per heavy atom. The van der Waals surface area contributed by atoms with Crippen LogP contribution in [0.3, 0.4) is 0 Å². The molecule has 0 amide bonds. The summed E-state index contributed by atoms with van der Waals surface area (Å²) < 4.78 is 11.7. The van der Waals surface area contributed by atoms with Crippen LogP contribution in [0, 0.1) is 6.92 Å². The summed E-state index contributed by atoms with van der Waals surface area (Å²) in [5, 5.41) is 7.91. The number of hydrogen-bond acceptors (Lipinski definition) is 5. The fourth-order valence-corrected chi connectivity index (χ4v) is 2.97. The average molecular weight is 395 g/mol. The lowest BCUT2D eigenvalue weighted by Gasteiger charge is -2.11. The van der Waals surface area contributed by atoms with Gasteiger partial charge in [0.25, 0.3) is 0 Å². The van der Waals surface area contributed by atoms with Gasteiger partial charge in [-0.3, -0.25) is 0 Å². The molecule has 2 N–H and O–H groups in total. The van der Waals surface area contributed by atoms with Crippen LogP contribution in [-0.4, -0.2) is 10.2 Å². The molecule has 7 heteroatoms. The van der Waals surface area contributed by atoms with Gasteiger partial charge >= 0.3 is 6.01 Å². The third-order valence-electron chi connectivity index (χ3n) is 3.19. The number of nitrogens with zero attached hydrogens (tertiary/aromatic N) is 2. The van der Waals surface area contributed by atoms with Crippen LogP contribution in [0.15, 0.2) is 45.3 Å². The van der Waals surface area contributed by atoms with Gasteiger partial charge in [0.05, 0.1) is 9.50 Å². The molecule has 0 radical (unpaired) electrons. The first-order chi connectivity index (χ1) is 11.0. The van der Waals surface area contributed by atoms with Crippen molar-refractivity contribution in [3.8, 4) is 17.2 Å². The molecule has 0 saturated carbocycles. The Balaban J connectivity index is 1.81. The van der Waals surface area contributed by atoms with Gasteiger partial charge in [0.1, 0.15) is 6.61 Å². The van der Waals surface area contributed by atoms with E-state index < -0.39 is 0 Å². The van der Waals surface area contributed by atoms with E-state index in [1.807, 2.05) is 31.2 Å². The van der Waals surface area contributed by atoms with E-state index in [0.29, 0.717) is 33.3 Å². The largest absolute Gasteiger partial charge is 0.486 e. The molecule has 1 heterocycles. The second kappa shape index (κ2) is 6.60. The maximum absolute atomic E-state index is 6.31. The van der Waals surface area contributed by atoms with Gasteiger partial charge in [0, 0.05) is 5.56 Å². The lowest BCUT2D eigenvalue weighted by atomic mass is 10.2. The second-order valence-corrected chi connectivity index (χ2v) is 6.25. The lowest BCUT2D eigenvalue weighted by molar-refractivity contribution is 0.304. The number of ether oxygens (including phenoxy) is 1. The number of nitrogens with two attached hydrogens (primary N) is 1. The third-order valence-corrected chi connectivity index (χ3v) is 4.06. The average Bonchev–Trinajstić information content (AvgIpc) is 2.95. The normalized spacial score (nSPS) is 10.7. The molecule has 0 spiro atoms. The van der Waals surface area contributed by atoms with Gasteiger partial charge in [-0.15, -0.1) is 5.10 Å². The fourth-order valence-electron chi connectivity index (χ4n) is 2.01. The molecule has 3 rings (SSSR count). The Morgan fingerprint density at radius 3 is 2.57 bits per heavy atom. The van der Waals surface area contributed by atoms with Crippen molar-refractivity contribution in [2.24, 2.45) is 0 Å². The number of aryl methyl sites for hydroxylation is 1. The van der Waals surface area contributed by atoms with Crippen LogP contribution in [0.2, 0.25) is 5.02 Å². The molecular formula is C16H13BrClN3O2. The highest BCUT2D eigenvalue weighted by molar-refractivity contribution is 9.10. The van der Waals surface area contributed by atoms with Crippen molar-refractivity contribution >= 4 is 33.5 Å². The zero-order valence-electron chi connectivity index (χ0n) is 12.2. The highest BCUT2D eigenvalue weighted by Gasteiger charge is 2.14. The quantitative estimate of drug-likeness (QED) is 0.699. The minimum atomic E-state index is 0.00643. The zero-order chi connectivity index (χ0) is 16.4. The topological polar surface area (TPSA) is 74.2 Å². The van der Waals surface area contributed by atoms with Gasteiger partial charge in [-0.2, -0.15) is 0 Å². The van der Waals surface area contributed by atoms with E-state index in [2.05, 4.69) is 26.1 Å². The minimum absolute atomic E-state index is 0.00643. The summed E-state index contributed by atoms with van der Waals surface area (Å²) in [6.07, 6.45) is 0. The molecule has 118 valence electrons. The summed E-state index contributed by atoms with van der Waals surface area (Å²) in [5.74, 6) is 0.860. The Bertz CT molecular complexity index is 811. The number of halogens is 2. The Hall–Kier alpha value is -2.05. The molecule has 0 aliphatic heterocycles. The standard InChI is InChI=1S/C16H13BrClN3O2/c1-9-2-4-10(5-3-9)8-22-14-12(17)6-11(7-13(14)18)15-20-21-16(19)23-15/h2-7H,8H2,1H3,(H2,19,21). The summed E-state index contributed by atoms with van der Waals surface area (Å²) >= 11 is 9.76. The predicted octanol–water partition coefficient (Wildman–Crippen LogP) is 4.62. The van der Waals surface area contributed by atoms with E-state index in [9.17, 15) is 0 Å². The Labute approximate surface area is 146 Å². The molecule has 0 aliphatic rings. The number of rotatable bonds is 4. The third kappa shape index (κ3) is 3.65. The Morgan fingerprint density at radius 2 is 1.96 bits per heavy atom. The monoisotopic (exact) mass is 393 g/mol. The number of benzene rings is 2. The SMILES string of the molecule is Cc1ccc(COc2c(Cl)cc(-c3nnc(N)o3)cc2Br)cc1. The molecular weight excluding hydrogens is 382 g/mol. The van der Waals surface area contributed by atoms with Gasteiger partial charge in [0.15, 0.2) is 5.75 Å². The molecule has 2 aromatic carbocycles. The van der Waals surface area contributed by atoms with E-state index in [1.165, 1.54) is 5.56 Å². The first-order valence-electron chi connectivity index (χ1n) is 6.79. The smallest absolute Gasteiger partial charge is 0.313 e. The maximum Gasteiger partial charge on any atom is 0.313 e.